The number of hydrogen-bond donors (Lipinski definition) is 1. The van der Waals surface area contributed by atoms with Gasteiger partial charge in [0, 0.05) is 10.9 Å². The van der Waals surface area contributed by atoms with Gasteiger partial charge < -0.3 is 5.73 Å². The molecule has 0 radical (unpaired) electrons. The summed E-state index contributed by atoms with van der Waals surface area (Å²) in [4.78, 5) is 1.38. The molecule has 0 aromatic heterocycles. The molecule has 0 amide bonds. The lowest BCUT2D eigenvalue weighted by molar-refractivity contribution is 0.351. The number of benzene rings is 1. The van der Waals surface area contributed by atoms with Gasteiger partial charge in [0.1, 0.15) is 0 Å². The first-order valence-corrected chi connectivity index (χ1v) is 8.22. The van der Waals surface area contributed by atoms with Gasteiger partial charge in [-0.05, 0) is 42.7 Å². The molecule has 1 atom stereocenters. The number of thioether (sulfide) groups is 1. The molecule has 0 spiro atoms. The second kappa shape index (κ2) is 7.20. The molecule has 2 rings (SSSR count). The van der Waals surface area contributed by atoms with Crippen LogP contribution in [0.4, 0.5) is 0 Å². The lowest BCUT2D eigenvalue weighted by Crippen LogP contribution is -2.07. The first-order chi connectivity index (χ1) is 8.75. The molecule has 0 aliphatic heterocycles. The molecule has 1 saturated carbocycles. The van der Waals surface area contributed by atoms with Crippen molar-refractivity contribution in [1.29, 1.82) is 0 Å². The molecule has 1 fully saturated rings. The fourth-order valence-corrected chi connectivity index (χ4v) is 3.70. The van der Waals surface area contributed by atoms with Crippen LogP contribution in [-0.2, 0) is 0 Å². The van der Waals surface area contributed by atoms with Crippen molar-refractivity contribution in [2.75, 3.05) is 5.75 Å². The summed E-state index contributed by atoms with van der Waals surface area (Å²) in [5.74, 6) is 2.26. The average Bonchev–Trinajstić information content (AvgIpc) is 2.40. The SMILES string of the molecule is CC(N)c1ccc(SCCC2CCCCC2)cc1. The topological polar surface area (TPSA) is 26.0 Å². The summed E-state index contributed by atoms with van der Waals surface area (Å²) in [6.45, 7) is 2.03. The van der Waals surface area contributed by atoms with E-state index in [0.717, 1.165) is 5.92 Å². The summed E-state index contributed by atoms with van der Waals surface area (Å²) >= 11 is 1.99. The monoisotopic (exact) mass is 263 g/mol. The Morgan fingerprint density at radius 3 is 2.44 bits per heavy atom. The smallest absolute Gasteiger partial charge is 0.0266 e. The highest BCUT2D eigenvalue weighted by Crippen LogP contribution is 2.29. The van der Waals surface area contributed by atoms with Crippen LogP contribution in [0.2, 0.25) is 0 Å². The predicted molar refractivity (Wildman–Crippen MR) is 81.0 cm³/mol. The molecule has 1 nitrogen and oxygen atoms in total. The van der Waals surface area contributed by atoms with Crippen molar-refractivity contribution in [2.45, 2.75) is 56.4 Å². The van der Waals surface area contributed by atoms with Crippen LogP contribution < -0.4 is 5.73 Å². The molecule has 1 aliphatic carbocycles. The predicted octanol–water partition coefficient (Wildman–Crippen LogP) is 4.77. The van der Waals surface area contributed by atoms with E-state index in [1.165, 1.54) is 54.7 Å². The zero-order chi connectivity index (χ0) is 12.8. The Bertz CT molecular complexity index is 339. The van der Waals surface area contributed by atoms with Crippen LogP contribution in [0, 0.1) is 5.92 Å². The van der Waals surface area contributed by atoms with Gasteiger partial charge in [-0.2, -0.15) is 0 Å². The molecule has 18 heavy (non-hydrogen) atoms. The highest BCUT2D eigenvalue weighted by Gasteiger charge is 2.12. The Hall–Kier alpha value is -0.470. The van der Waals surface area contributed by atoms with Crippen LogP contribution in [-0.4, -0.2) is 5.75 Å². The Morgan fingerprint density at radius 2 is 1.83 bits per heavy atom. The van der Waals surface area contributed by atoms with Gasteiger partial charge >= 0.3 is 0 Å². The Morgan fingerprint density at radius 1 is 1.17 bits per heavy atom. The minimum Gasteiger partial charge on any atom is -0.324 e. The van der Waals surface area contributed by atoms with E-state index in [0.29, 0.717) is 0 Å². The lowest BCUT2D eigenvalue weighted by Gasteiger charge is -2.21. The summed E-state index contributed by atoms with van der Waals surface area (Å²) in [5.41, 5.74) is 7.08. The van der Waals surface area contributed by atoms with Crippen LogP contribution in [0.3, 0.4) is 0 Å². The summed E-state index contributed by atoms with van der Waals surface area (Å²) in [7, 11) is 0. The highest BCUT2D eigenvalue weighted by atomic mass is 32.2. The minimum absolute atomic E-state index is 0.145. The van der Waals surface area contributed by atoms with E-state index in [1.54, 1.807) is 0 Å². The standard InChI is InChI=1S/C16H25NS/c1-13(17)15-7-9-16(10-8-15)18-12-11-14-5-3-2-4-6-14/h7-10,13-14H,2-6,11-12,17H2,1H3. The fourth-order valence-electron chi connectivity index (χ4n) is 2.69. The summed E-state index contributed by atoms with van der Waals surface area (Å²) in [6, 6.07) is 8.89. The first-order valence-electron chi connectivity index (χ1n) is 7.24. The number of nitrogens with two attached hydrogens (primary N) is 1. The third-order valence-corrected chi connectivity index (χ3v) is 4.97. The van der Waals surface area contributed by atoms with Gasteiger partial charge in [-0.15, -0.1) is 11.8 Å². The van der Waals surface area contributed by atoms with Crippen LogP contribution in [0.5, 0.6) is 0 Å². The number of rotatable bonds is 5. The van der Waals surface area contributed by atoms with Gasteiger partial charge in [-0.3, -0.25) is 0 Å². The van der Waals surface area contributed by atoms with Crippen molar-refractivity contribution in [3.63, 3.8) is 0 Å². The van der Waals surface area contributed by atoms with Gasteiger partial charge in [0.2, 0.25) is 0 Å². The van der Waals surface area contributed by atoms with E-state index in [4.69, 9.17) is 5.73 Å². The van der Waals surface area contributed by atoms with E-state index in [9.17, 15) is 0 Å². The molecule has 1 aromatic carbocycles. The van der Waals surface area contributed by atoms with Crippen molar-refractivity contribution in [1.82, 2.24) is 0 Å². The van der Waals surface area contributed by atoms with Gasteiger partial charge in [0.25, 0.3) is 0 Å². The highest BCUT2D eigenvalue weighted by molar-refractivity contribution is 7.99. The van der Waals surface area contributed by atoms with Gasteiger partial charge in [0.15, 0.2) is 0 Å². The van der Waals surface area contributed by atoms with E-state index in [-0.39, 0.29) is 6.04 Å². The largest absolute Gasteiger partial charge is 0.324 e. The molecule has 0 saturated heterocycles. The molecule has 1 unspecified atom stereocenters. The first kappa shape index (κ1) is 14.0. The average molecular weight is 263 g/mol. The van der Waals surface area contributed by atoms with Gasteiger partial charge in [0.05, 0.1) is 0 Å². The second-order valence-corrected chi connectivity index (χ2v) is 6.67. The molecule has 1 aromatic rings. The van der Waals surface area contributed by atoms with Crippen LogP contribution in [0.15, 0.2) is 29.2 Å². The molecule has 2 N–H and O–H groups in total. The van der Waals surface area contributed by atoms with Crippen molar-refractivity contribution in [3.8, 4) is 0 Å². The fraction of sp³-hybridized carbons (Fsp3) is 0.625. The van der Waals surface area contributed by atoms with Gasteiger partial charge in [-0.25, -0.2) is 0 Å². The molecule has 0 heterocycles. The van der Waals surface area contributed by atoms with Crippen molar-refractivity contribution >= 4 is 11.8 Å². The Labute approximate surface area is 116 Å². The van der Waals surface area contributed by atoms with Crippen molar-refractivity contribution < 1.29 is 0 Å². The summed E-state index contributed by atoms with van der Waals surface area (Å²) in [6.07, 6.45) is 8.69. The van der Waals surface area contributed by atoms with Crippen LogP contribution >= 0.6 is 11.8 Å². The van der Waals surface area contributed by atoms with E-state index in [1.807, 2.05) is 18.7 Å². The molecule has 0 bridgehead atoms. The molecular formula is C16H25NS. The lowest BCUT2D eigenvalue weighted by atomic mass is 9.88. The molecule has 100 valence electrons. The third kappa shape index (κ3) is 4.33. The maximum absolute atomic E-state index is 5.85. The normalized spacial score (nSPS) is 18.8. The second-order valence-electron chi connectivity index (χ2n) is 5.50. The zero-order valence-corrected chi connectivity index (χ0v) is 12.2. The molecular weight excluding hydrogens is 238 g/mol. The molecule has 1 aliphatic rings. The summed E-state index contributed by atoms with van der Waals surface area (Å²) < 4.78 is 0. The van der Waals surface area contributed by atoms with Gasteiger partial charge in [-0.1, -0.05) is 44.2 Å². The van der Waals surface area contributed by atoms with E-state index in [2.05, 4.69) is 24.3 Å². The van der Waals surface area contributed by atoms with Crippen LogP contribution in [0.25, 0.3) is 0 Å². The van der Waals surface area contributed by atoms with Crippen molar-refractivity contribution in [3.05, 3.63) is 29.8 Å². The Kier molecular flexibility index (Phi) is 5.58. The quantitative estimate of drug-likeness (QED) is 0.774. The van der Waals surface area contributed by atoms with Crippen molar-refractivity contribution in [2.24, 2.45) is 11.7 Å². The van der Waals surface area contributed by atoms with E-state index < -0.39 is 0 Å². The maximum Gasteiger partial charge on any atom is 0.0266 e. The third-order valence-electron chi connectivity index (χ3n) is 3.93. The molecule has 2 heteroatoms. The zero-order valence-electron chi connectivity index (χ0n) is 11.4. The Balaban J connectivity index is 1.72. The maximum atomic E-state index is 5.85. The number of hydrogen-bond acceptors (Lipinski definition) is 2. The minimum atomic E-state index is 0.145. The summed E-state index contributed by atoms with van der Waals surface area (Å²) in [5, 5.41) is 0. The van der Waals surface area contributed by atoms with Crippen LogP contribution in [0.1, 0.15) is 57.1 Å². The van der Waals surface area contributed by atoms with E-state index >= 15 is 0 Å².